The largest absolute Gasteiger partial charge is 0.507 e. The second-order valence-electron chi connectivity index (χ2n) is 4.93. The van der Waals surface area contributed by atoms with Crippen LogP contribution in [0.4, 0.5) is 0 Å². The molecule has 2 unspecified atom stereocenters. The van der Waals surface area contributed by atoms with Crippen LogP contribution in [0.2, 0.25) is 0 Å². The lowest BCUT2D eigenvalue weighted by molar-refractivity contribution is 0.0922. The molecule has 0 radical (unpaired) electrons. The van der Waals surface area contributed by atoms with Gasteiger partial charge in [-0.25, -0.2) is 0 Å². The van der Waals surface area contributed by atoms with Gasteiger partial charge in [-0.3, -0.25) is 4.79 Å². The van der Waals surface area contributed by atoms with E-state index < -0.39 is 0 Å². The van der Waals surface area contributed by atoms with Crippen LogP contribution in [0.15, 0.2) is 18.2 Å². The molecular formula is C14H21ClN2O3. The Bertz CT molecular complexity index is 468. The van der Waals surface area contributed by atoms with Crippen LogP contribution in [0.25, 0.3) is 0 Å². The number of phenolic OH excluding ortho intramolecular Hbond substituents is 1. The number of phenols is 1. The lowest BCUT2D eigenvalue weighted by Gasteiger charge is -2.28. The summed E-state index contributed by atoms with van der Waals surface area (Å²) in [6, 6.07) is 5.19. The lowest BCUT2D eigenvalue weighted by atomic mass is 10.00. The summed E-state index contributed by atoms with van der Waals surface area (Å²) in [5, 5.41) is 16.1. The Morgan fingerprint density at radius 2 is 2.25 bits per heavy atom. The number of halogens is 1. The van der Waals surface area contributed by atoms with Crippen LogP contribution in [0.5, 0.6) is 11.5 Å². The number of ether oxygens (including phenoxy) is 1. The van der Waals surface area contributed by atoms with E-state index in [-0.39, 0.29) is 35.7 Å². The van der Waals surface area contributed by atoms with Gasteiger partial charge < -0.3 is 20.5 Å². The standard InChI is InChI=1S/C14H20N2O3.ClH/c1-9-7-10(5-6-15-9)16-14(18)12-8-11(19-2)3-4-13(12)17;/h3-4,8-10,15,17H,5-7H2,1-2H3,(H,16,18);1H. The summed E-state index contributed by atoms with van der Waals surface area (Å²) in [7, 11) is 1.53. The van der Waals surface area contributed by atoms with Gasteiger partial charge in [0.25, 0.3) is 5.91 Å². The van der Waals surface area contributed by atoms with Crippen molar-refractivity contribution in [2.24, 2.45) is 0 Å². The Labute approximate surface area is 125 Å². The molecule has 1 saturated heterocycles. The molecule has 1 aliphatic heterocycles. The van der Waals surface area contributed by atoms with E-state index in [1.165, 1.54) is 13.2 Å². The fraction of sp³-hybridized carbons (Fsp3) is 0.500. The molecule has 1 aliphatic rings. The van der Waals surface area contributed by atoms with E-state index in [4.69, 9.17) is 4.74 Å². The van der Waals surface area contributed by atoms with Crippen LogP contribution < -0.4 is 15.4 Å². The number of hydrogen-bond donors (Lipinski definition) is 3. The van der Waals surface area contributed by atoms with E-state index in [0.717, 1.165) is 19.4 Å². The van der Waals surface area contributed by atoms with E-state index in [1.807, 2.05) is 0 Å². The van der Waals surface area contributed by atoms with Gasteiger partial charge in [0.2, 0.25) is 0 Å². The topological polar surface area (TPSA) is 70.6 Å². The number of rotatable bonds is 3. The summed E-state index contributed by atoms with van der Waals surface area (Å²) >= 11 is 0. The van der Waals surface area contributed by atoms with Gasteiger partial charge in [-0.1, -0.05) is 0 Å². The van der Waals surface area contributed by atoms with E-state index in [2.05, 4.69) is 17.6 Å². The molecule has 0 aliphatic carbocycles. The zero-order chi connectivity index (χ0) is 13.8. The number of carbonyl (C=O) groups is 1. The van der Waals surface area contributed by atoms with Gasteiger partial charge in [-0.05, 0) is 44.5 Å². The van der Waals surface area contributed by atoms with Crippen molar-refractivity contribution < 1.29 is 14.6 Å². The Morgan fingerprint density at radius 1 is 1.50 bits per heavy atom. The molecule has 5 nitrogen and oxygen atoms in total. The number of methoxy groups -OCH3 is 1. The van der Waals surface area contributed by atoms with E-state index in [0.29, 0.717) is 11.8 Å². The van der Waals surface area contributed by atoms with E-state index >= 15 is 0 Å². The van der Waals surface area contributed by atoms with Crippen molar-refractivity contribution in [1.29, 1.82) is 0 Å². The SMILES string of the molecule is COc1ccc(O)c(C(=O)NC2CCNC(C)C2)c1.Cl. The summed E-state index contributed by atoms with van der Waals surface area (Å²) in [6.07, 6.45) is 1.80. The van der Waals surface area contributed by atoms with Crippen molar-refractivity contribution in [2.75, 3.05) is 13.7 Å². The highest BCUT2D eigenvalue weighted by atomic mass is 35.5. The third kappa shape index (κ3) is 4.02. The minimum Gasteiger partial charge on any atom is -0.507 e. The first-order chi connectivity index (χ1) is 9.10. The third-order valence-corrected chi connectivity index (χ3v) is 3.41. The lowest BCUT2D eigenvalue weighted by Crippen LogP contribution is -2.46. The first-order valence-corrected chi connectivity index (χ1v) is 6.51. The fourth-order valence-electron chi connectivity index (χ4n) is 2.35. The number of nitrogens with one attached hydrogen (secondary N) is 2. The maximum absolute atomic E-state index is 12.2. The second-order valence-corrected chi connectivity index (χ2v) is 4.93. The molecule has 3 N–H and O–H groups in total. The predicted molar refractivity (Wildman–Crippen MR) is 79.9 cm³/mol. The Morgan fingerprint density at radius 3 is 2.90 bits per heavy atom. The average Bonchev–Trinajstić information content (AvgIpc) is 2.39. The quantitative estimate of drug-likeness (QED) is 0.794. The zero-order valence-corrected chi connectivity index (χ0v) is 12.5. The number of carbonyl (C=O) groups excluding carboxylic acids is 1. The summed E-state index contributed by atoms with van der Waals surface area (Å²) in [4.78, 5) is 12.2. The number of benzene rings is 1. The molecule has 112 valence electrons. The molecule has 20 heavy (non-hydrogen) atoms. The van der Waals surface area contributed by atoms with Crippen molar-refractivity contribution in [3.05, 3.63) is 23.8 Å². The summed E-state index contributed by atoms with van der Waals surface area (Å²) < 4.78 is 5.07. The van der Waals surface area contributed by atoms with Crippen LogP contribution in [-0.2, 0) is 0 Å². The van der Waals surface area contributed by atoms with Crippen LogP contribution >= 0.6 is 12.4 Å². The summed E-state index contributed by atoms with van der Waals surface area (Å²) in [6.45, 7) is 3.00. The molecule has 2 atom stereocenters. The van der Waals surface area contributed by atoms with Gasteiger partial charge in [0, 0.05) is 12.1 Å². The molecule has 1 fully saturated rings. The minimum absolute atomic E-state index is 0. The molecule has 1 aromatic rings. The number of aromatic hydroxyl groups is 1. The van der Waals surface area contributed by atoms with Gasteiger partial charge >= 0.3 is 0 Å². The molecule has 1 heterocycles. The Hall–Kier alpha value is -1.46. The van der Waals surface area contributed by atoms with Crippen molar-refractivity contribution >= 4 is 18.3 Å². The smallest absolute Gasteiger partial charge is 0.255 e. The monoisotopic (exact) mass is 300 g/mol. The Kier molecular flexibility index (Phi) is 6.10. The van der Waals surface area contributed by atoms with Gasteiger partial charge in [-0.15, -0.1) is 12.4 Å². The van der Waals surface area contributed by atoms with Crippen LogP contribution in [0.3, 0.4) is 0 Å². The van der Waals surface area contributed by atoms with Crippen LogP contribution in [0.1, 0.15) is 30.1 Å². The second kappa shape index (κ2) is 7.36. The normalized spacial score (nSPS) is 21.7. The number of piperidine rings is 1. The van der Waals surface area contributed by atoms with Crippen molar-refractivity contribution in [3.8, 4) is 11.5 Å². The van der Waals surface area contributed by atoms with E-state index in [1.54, 1.807) is 12.1 Å². The first-order valence-electron chi connectivity index (χ1n) is 6.51. The molecule has 1 amide bonds. The fourth-order valence-corrected chi connectivity index (χ4v) is 2.35. The van der Waals surface area contributed by atoms with Gasteiger partial charge in [-0.2, -0.15) is 0 Å². The summed E-state index contributed by atoms with van der Waals surface area (Å²) in [5.41, 5.74) is 0.255. The average molecular weight is 301 g/mol. The summed E-state index contributed by atoms with van der Waals surface area (Å²) in [5.74, 6) is 0.275. The first kappa shape index (κ1) is 16.6. The molecule has 0 spiro atoms. The highest BCUT2D eigenvalue weighted by molar-refractivity contribution is 5.97. The maximum Gasteiger partial charge on any atom is 0.255 e. The molecule has 6 heteroatoms. The predicted octanol–water partition coefficient (Wildman–Crippen LogP) is 1.69. The van der Waals surface area contributed by atoms with Gasteiger partial charge in [0.15, 0.2) is 0 Å². The molecule has 1 aromatic carbocycles. The van der Waals surface area contributed by atoms with Gasteiger partial charge in [0.05, 0.1) is 12.7 Å². The van der Waals surface area contributed by atoms with E-state index in [9.17, 15) is 9.90 Å². The van der Waals surface area contributed by atoms with Crippen molar-refractivity contribution in [2.45, 2.75) is 31.8 Å². The highest BCUT2D eigenvalue weighted by Crippen LogP contribution is 2.23. The Balaban J connectivity index is 0.00000200. The molecule has 0 saturated carbocycles. The van der Waals surface area contributed by atoms with Crippen molar-refractivity contribution in [3.63, 3.8) is 0 Å². The number of hydrogen-bond acceptors (Lipinski definition) is 4. The molecule has 0 bridgehead atoms. The van der Waals surface area contributed by atoms with Crippen LogP contribution in [-0.4, -0.2) is 36.8 Å². The third-order valence-electron chi connectivity index (χ3n) is 3.41. The zero-order valence-electron chi connectivity index (χ0n) is 11.7. The van der Waals surface area contributed by atoms with Crippen molar-refractivity contribution in [1.82, 2.24) is 10.6 Å². The molecular weight excluding hydrogens is 280 g/mol. The van der Waals surface area contributed by atoms with Crippen LogP contribution in [0, 0.1) is 0 Å². The molecule has 2 rings (SSSR count). The minimum atomic E-state index is -0.254. The highest BCUT2D eigenvalue weighted by Gasteiger charge is 2.21. The maximum atomic E-state index is 12.2. The van der Waals surface area contributed by atoms with Gasteiger partial charge in [0.1, 0.15) is 11.5 Å². The number of amides is 1. The molecule has 0 aromatic heterocycles.